The highest BCUT2D eigenvalue weighted by molar-refractivity contribution is 5.17. The summed E-state index contributed by atoms with van der Waals surface area (Å²) in [4.78, 5) is 2.45. The molecule has 1 saturated heterocycles. The maximum atomic E-state index is 10.6. The fourth-order valence-corrected chi connectivity index (χ4v) is 3.53. The Labute approximate surface area is 149 Å². The minimum Gasteiger partial charge on any atom is -0.480 e. The molecule has 2 atom stereocenters. The van der Waals surface area contributed by atoms with Gasteiger partial charge in [-0.2, -0.15) is 5.10 Å². The van der Waals surface area contributed by atoms with Crippen molar-refractivity contribution in [2.24, 2.45) is 0 Å². The molecule has 3 rings (SSSR count). The Morgan fingerprint density at radius 1 is 1.12 bits per heavy atom. The number of nitrogens with zero attached hydrogens (tertiary/aromatic N) is 3. The standard InChI is InChI=1S/C20H27N3O2/c1-25-20-12-11-17(21-22-20)15-23-13-7-3-6-10-18(23)14-19(24)16-8-4-2-5-9-16/h2,4-5,8-9,11-12,18-19,24H,3,6-7,10,13-15H2,1H3/t18-,19+/m1/s1. The van der Waals surface area contributed by atoms with Crippen molar-refractivity contribution >= 4 is 0 Å². The minimum absolute atomic E-state index is 0.363. The second-order valence-electron chi connectivity index (χ2n) is 6.70. The maximum Gasteiger partial charge on any atom is 0.233 e. The lowest BCUT2D eigenvalue weighted by atomic mass is 9.98. The summed E-state index contributed by atoms with van der Waals surface area (Å²) in [5.74, 6) is 0.538. The van der Waals surface area contributed by atoms with Gasteiger partial charge >= 0.3 is 0 Å². The molecule has 1 aromatic carbocycles. The van der Waals surface area contributed by atoms with Gasteiger partial charge in [0.2, 0.25) is 5.88 Å². The molecule has 0 radical (unpaired) electrons. The van der Waals surface area contributed by atoms with Crippen LogP contribution in [0.1, 0.15) is 49.5 Å². The molecule has 0 bridgehead atoms. The lowest BCUT2D eigenvalue weighted by Gasteiger charge is -2.31. The van der Waals surface area contributed by atoms with Gasteiger partial charge in [0.1, 0.15) is 0 Å². The summed E-state index contributed by atoms with van der Waals surface area (Å²) >= 11 is 0. The largest absolute Gasteiger partial charge is 0.480 e. The Hall–Kier alpha value is -1.98. The van der Waals surface area contributed by atoms with E-state index in [-0.39, 0.29) is 0 Å². The molecule has 5 heteroatoms. The van der Waals surface area contributed by atoms with E-state index in [9.17, 15) is 5.11 Å². The first kappa shape index (κ1) is 17.8. The first-order chi connectivity index (χ1) is 12.3. The summed E-state index contributed by atoms with van der Waals surface area (Å²) in [6.45, 7) is 1.81. The van der Waals surface area contributed by atoms with E-state index in [1.165, 1.54) is 19.3 Å². The van der Waals surface area contributed by atoms with Gasteiger partial charge in [-0.1, -0.05) is 43.2 Å². The average Bonchev–Trinajstić information content (AvgIpc) is 2.88. The Morgan fingerprint density at radius 3 is 2.68 bits per heavy atom. The molecule has 25 heavy (non-hydrogen) atoms. The van der Waals surface area contributed by atoms with E-state index < -0.39 is 6.10 Å². The fraction of sp³-hybridized carbons (Fsp3) is 0.500. The summed E-state index contributed by atoms with van der Waals surface area (Å²) < 4.78 is 5.08. The van der Waals surface area contributed by atoms with Crippen LogP contribution >= 0.6 is 0 Å². The molecule has 1 aliphatic rings. The van der Waals surface area contributed by atoms with Gasteiger partial charge in [0.25, 0.3) is 0 Å². The van der Waals surface area contributed by atoms with Crippen LogP contribution in [0, 0.1) is 0 Å². The van der Waals surface area contributed by atoms with Crippen molar-refractivity contribution in [1.29, 1.82) is 0 Å². The molecule has 2 aromatic rings. The third kappa shape index (κ3) is 5.00. The van der Waals surface area contributed by atoms with E-state index in [4.69, 9.17) is 4.74 Å². The molecule has 1 fully saturated rings. The second kappa shape index (κ2) is 8.92. The summed E-state index contributed by atoms with van der Waals surface area (Å²) in [5.41, 5.74) is 1.94. The highest BCUT2D eigenvalue weighted by Gasteiger charge is 2.24. The van der Waals surface area contributed by atoms with Gasteiger partial charge in [0, 0.05) is 18.7 Å². The average molecular weight is 341 g/mol. The van der Waals surface area contributed by atoms with Crippen LogP contribution in [0.5, 0.6) is 5.88 Å². The van der Waals surface area contributed by atoms with Crippen LogP contribution in [-0.2, 0) is 6.54 Å². The molecule has 134 valence electrons. The van der Waals surface area contributed by atoms with E-state index in [2.05, 4.69) is 15.1 Å². The van der Waals surface area contributed by atoms with Crippen LogP contribution in [-0.4, -0.2) is 39.9 Å². The number of benzene rings is 1. The summed E-state index contributed by atoms with van der Waals surface area (Å²) in [7, 11) is 1.60. The molecular formula is C20H27N3O2. The first-order valence-electron chi connectivity index (χ1n) is 9.10. The van der Waals surface area contributed by atoms with E-state index in [1.807, 2.05) is 42.5 Å². The monoisotopic (exact) mass is 341 g/mol. The topological polar surface area (TPSA) is 58.5 Å². The number of aromatic nitrogens is 2. The number of hydrogen-bond donors (Lipinski definition) is 1. The molecule has 5 nitrogen and oxygen atoms in total. The highest BCUT2D eigenvalue weighted by atomic mass is 16.5. The van der Waals surface area contributed by atoms with E-state index in [0.717, 1.165) is 37.2 Å². The zero-order valence-corrected chi connectivity index (χ0v) is 14.8. The van der Waals surface area contributed by atoms with Crippen molar-refractivity contribution in [1.82, 2.24) is 15.1 Å². The SMILES string of the molecule is COc1ccc(CN2CCCCC[C@@H]2C[C@H](O)c2ccccc2)nn1. The van der Waals surface area contributed by atoms with Crippen molar-refractivity contribution in [3.63, 3.8) is 0 Å². The molecule has 0 unspecified atom stereocenters. The quantitative estimate of drug-likeness (QED) is 0.873. The van der Waals surface area contributed by atoms with Crippen molar-refractivity contribution in [2.75, 3.05) is 13.7 Å². The van der Waals surface area contributed by atoms with Crippen LogP contribution < -0.4 is 4.74 Å². The van der Waals surface area contributed by atoms with E-state index in [1.54, 1.807) is 7.11 Å². The predicted molar refractivity (Wildman–Crippen MR) is 97.3 cm³/mol. The number of aliphatic hydroxyl groups is 1. The summed E-state index contributed by atoms with van der Waals surface area (Å²) in [6, 6.07) is 14.1. The number of likely N-dealkylation sites (tertiary alicyclic amines) is 1. The molecule has 0 amide bonds. The second-order valence-corrected chi connectivity index (χ2v) is 6.70. The van der Waals surface area contributed by atoms with E-state index in [0.29, 0.717) is 11.9 Å². The van der Waals surface area contributed by atoms with E-state index >= 15 is 0 Å². The van der Waals surface area contributed by atoms with Gasteiger partial charge < -0.3 is 9.84 Å². The summed E-state index contributed by atoms with van der Waals surface area (Å²) in [5, 5.41) is 19.0. The summed E-state index contributed by atoms with van der Waals surface area (Å²) in [6.07, 6.45) is 5.12. The van der Waals surface area contributed by atoms with Gasteiger partial charge in [-0.05, 0) is 37.4 Å². The van der Waals surface area contributed by atoms with Gasteiger partial charge in [0.15, 0.2) is 0 Å². The van der Waals surface area contributed by atoms with Crippen LogP contribution in [0.2, 0.25) is 0 Å². The molecule has 0 spiro atoms. The number of hydrogen-bond acceptors (Lipinski definition) is 5. The van der Waals surface area contributed by atoms with Crippen LogP contribution in [0.4, 0.5) is 0 Å². The van der Waals surface area contributed by atoms with Crippen LogP contribution in [0.3, 0.4) is 0 Å². The Morgan fingerprint density at radius 2 is 1.96 bits per heavy atom. The Balaban J connectivity index is 1.68. The molecule has 2 heterocycles. The van der Waals surface area contributed by atoms with Gasteiger partial charge in [-0.3, -0.25) is 4.90 Å². The first-order valence-corrected chi connectivity index (χ1v) is 9.10. The lowest BCUT2D eigenvalue weighted by Crippen LogP contribution is -2.36. The van der Waals surface area contributed by atoms with Crippen molar-refractivity contribution < 1.29 is 9.84 Å². The molecule has 0 saturated carbocycles. The van der Waals surface area contributed by atoms with Crippen molar-refractivity contribution in [3.8, 4) is 5.88 Å². The maximum absolute atomic E-state index is 10.6. The lowest BCUT2D eigenvalue weighted by molar-refractivity contribution is 0.0966. The molecule has 0 aliphatic carbocycles. The van der Waals surface area contributed by atoms with Crippen molar-refractivity contribution in [3.05, 3.63) is 53.7 Å². The van der Waals surface area contributed by atoms with Gasteiger partial charge in [-0.25, -0.2) is 0 Å². The molecule has 1 aromatic heterocycles. The smallest absolute Gasteiger partial charge is 0.233 e. The Bertz CT molecular complexity index is 633. The highest BCUT2D eigenvalue weighted by Crippen LogP contribution is 2.27. The number of methoxy groups -OCH3 is 1. The van der Waals surface area contributed by atoms with Crippen LogP contribution in [0.25, 0.3) is 0 Å². The number of rotatable bonds is 6. The number of ether oxygens (including phenoxy) is 1. The zero-order valence-electron chi connectivity index (χ0n) is 14.8. The Kier molecular flexibility index (Phi) is 6.36. The minimum atomic E-state index is -0.422. The molecular weight excluding hydrogens is 314 g/mol. The van der Waals surface area contributed by atoms with Crippen LogP contribution in [0.15, 0.2) is 42.5 Å². The fourth-order valence-electron chi connectivity index (χ4n) is 3.53. The molecule has 1 N–H and O–H groups in total. The number of aliphatic hydroxyl groups excluding tert-OH is 1. The predicted octanol–water partition coefficient (Wildman–Crippen LogP) is 3.35. The normalized spacial score (nSPS) is 20.0. The molecule has 1 aliphatic heterocycles. The van der Waals surface area contributed by atoms with Gasteiger partial charge in [-0.15, -0.1) is 5.10 Å². The zero-order chi connectivity index (χ0) is 17.5. The third-order valence-corrected chi connectivity index (χ3v) is 4.95. The van der Waals surface area contributed by atoms with Gasteiger partial charge in [0.05, 0.1) is 18.9 Å². The third-order valence-electron chi connectivity index (χ3n) is 4.95. The van der Waals surface area contributed by atoms with Crippen molar-refractivity contribution in [2.45, 2.75) is 50.8 Å².